The first-order chi connectivity index (χ1) is 10.6. The minimum Gasteiger partial charge on any atom is -0.480 e. The van der Waals surface area contributed by atoms with Gasteiger partial charge < -0.3 is 9.64 Å². The second-order valence-corrected chi connectivity index (χ2v) is 5.78. The van der Waals surface area contributed by atoms with Crippen LogP contribution in [0.4, 0.5) is 0 Å². The molecule has 0 saturated heterocycles. The number of hydrogen-bond acceptors (Lipinski definition) is 3. The number of benzene rings is 2. The molecule has 1 heterocycles. The molecule has 0 aromatic heterocycles. The predicted octanol–water partition coefficient (Wildman–Crippen LogP) is 3.76. The molecule has 0 aliphatic carbocycles. The van der Waals surface area contributed by atoms with Crippen molar-refractivity contribution in [1.29, 1.82) is 0 Å². The highest BCUT2D eigenvalue weighted by molar-refractivity contribution is 6.12. The fraction of sp³-hybridized carbons (Fsp3) is 0.211. The lowest BCUT2D eigenvalue weighted by Gasteiger charge is -2.29. The molecule has 3 nitrogen and oxygen atoms in total. The lowest BCUT2D eigenvalue weighted by Crippen LogP contribution is -2.25. The molecule has 1 unspecified atom stereocenters. The highest BCUT2D eigenvalue weighted by Crippen LogP contribution is 2.38. The van der Waals surface area contributed by atoms with Gasteiger partial charge in [0.25, 0.3) is 0 Å². The number of Topliss-reactive ketones (excluding diaryl/α,β-unsaturated/α-hetero) is 1. The zero-order valence-electron chi connectivity index (χ0n) is 13.0. The SMILES string of the molecule is Cc1ccc(C2Oc3ccccc3C(=O)/C2=C/N(C)C)cc1. The lowest BCUT2D eigenvalue weighted by atomic mass is 9.91. The fourth-order valence-corrected chi connectivity index (χ4v) is 2.62. The van der Waals surface area contributed by atoms with Gasteiger partial charge in [-0.15, -0.1) is 0 Å². The van der Waals surface area contributed by atoms with Gasteiger partial charge in [-0.05, 0) is 24.6 Å². The van der Waals surface area contributed by atoms with Crippen LogP contribution in [0.25, 0.3) is 0 Å². The molecule has 2 aromatic rings. The number of carbonyl (C=O) groups excluding carboxylic acids is 1. The molecule has 0 N–H and O–H groups in total. The van der Waals surface area contributed by atoms with E-state index in [4.69, 9.17) is 4.74 Å². The largest absolute Gasteiger partial charge is 0.480 e. The Bertz CT molecular complexity index is 729. The van der Waals surface area contributed by atoms with Crippen LogP contribution in [-0.2, 0) is 0 Å². The standard InChI is InChI=1S/C19H19NO2/c1-13-8-10-14(11-9-13)19-16(12-20(2)3)18(21)15-6-4-5-7-17(15)22-19/h4-12,19H,1-3H3/b16-12-. The second-order valence-electron chi connectivity index (χ2n) is 5.78. The average Bonchev–Trinajstić information content (AvgIpc) is 2.50. The Hall–Kier alpha value is -2.55. The Morgan fingerprint density at radius 2 is 1.73 bits per heavy atom. The molecular weight excluding hydrogens is 274 g/mol. The molecule has 3 rings (SSSR count). The van der Waals surface area contributed by atoms with Gasteiger partial charge in [-0.25, -0.2) is 0 Å². The maximum atomic E-state index is 12.8. The molecule has 1 aliphatic heterocycles. The highest BCUT2D eigenvalue weighted by atomic mass is 16.5. The Labute approximate surface area is 130 Å². The second kappa shape index (κ2) is 5.68. The van der Waals surface area contributed by atoms with Crippen LogP contribution in [0.15, 0.2) is 60.3 Å². The van der Waals surface area contributed by atoms with E-state index in [9.17, 15) is 4.79 Å². The molecule has 0 fully saturated rings. The van der Waals surface area contributed by atoms with E-state index >= 15 is 0 Å². The van der Waals surface area contributed by atoms with Gasteiger partial charge in [0.2, 0.25) is 0 Å². The van der Waals surface area contributed by atoms with E-state index in [1.165, 1.54) is 5.56 Å². The van der Waals surface area contributed by atoms with Crippen molar-refractivity contribution in [2.45, 2.75) is 13.0 Å². The zero-order chi connectivity index (χ0) is 15.7. The van der Waals surface area contributed by atoms with Crippen LogP contribution in [0.2, 0.25) is 0 Å². The van der Waals surface area contributed by atoms with Crippen LogP contribution in [0.1, 0.15) is 27.6 Å². The summed E-state index contributed by atoms with van der Waals surface area (Å²) in [7, 11) is 3.82. The molecule has 3 heteroatoms. The molecule has 0 radical (unpaired) electrons. The topological polar surface area (TPSA) is 29.5 Å². The lowest BCUT2D eigenvalue weighted by molar-refractivity contribution is 0.0957. The van der Waals surface area contributed by atoms with Crippen LogP contribution in [0, 0.1) is 6.92 Å². The number of fused-ring (bicyclic) bond motifs is 1. The Morgan fingerprint density at radius 1 is 1.05 bits per heavy atom. The van der Waals surface area contributed by atoms with Gasteiger partial charge in [0.1, 0.15) is 5.75 Å². The third-order valence-electron chi connectivity index (χ3n) is 3.70. The van der Waals surface area contributed by atoms with Gasteiger partial charge in [0.05, 0.1) is 11.1 Å². The molecule has 0 amide bonds. The van der Waals surface area contributed by atoms with E-state index in [1.54, 1.807) is 0 Å². The van der Waals surface area contributed by atoms with E-state index in [2.05, 4.69) is 0 Å². The number of hydrogen-bond donors (Lipinski definition) is 0. The van der Waals surface area contributed by atoms with Crippen molar-refractivity contribution in [3.05, 3.63) is 77.0 Å². The maximum Gasteiger partial charge on any atom is 0.198 e. The van der Waals surface area contributed by atoms with E-state index in [0.29, 0.717) is 16.9 Å². The summed E-state index contributed by atoms with van der Waals surface area (Å²) in [6.45, 7) is 2.04. The first kappa shape index (κ1) is 14.4. The van der Waals surface area contributed by atoms with Crippen LogP contribution >= 0.6 is 0 Å². The van der Waals surface area contributed by atoms with Gasteiger partial charge in [0.15, 0.2) is 11.9 Å². The van der Waals surface area contributed by atoms with Crippen molar-refractivity contribution < 1.29 is 9.53 Å². The van der Waals surface area contributed by atoms with Crippen LogP contribution in [0.5, 0.6) is 5.75 Å². The summed E-state index contributed by atoms with van der Waals surface area (Å²) in [5, 5.41) is 0. The van der Waals surface area contributed by atoms with Gasteiger partial charge in [-0.3, -0.25) is 4.79 Å². The number of ketones is 1. The van der Waals surface area contributed by atoms with E-state index < -0.39 is 0 Å². The molecular formula is C19H19NO2. The summed E-state index contributed by atoms with van der Waals surface area (Å²) in [6.07, 6.45) is 1.48. The summed E-state index contributed by atoms with van der Waals surface area (Å²) in [4.78, 5) is 14.7. The van der Waals surface area contributed by atoms with E-state index in [1.807, 2.05) is 80.6 Å². The van der Waals surface area contributed by atoms with Crippen molar-refractivity contribution in [3.8, 4) is 5.75 Å². The average molecular weight is 293 g/mol. The summed E-state index contributed by atoms with van der Waals surface area (Å²) in [6, 6.07) is 15.5. The minimum absolute atomic E-state index is 0.0288. The van der Waals surface area contributed by atoms with Crippen LogP contribution < -0.4 is 4.74 Å². The number of carbonyl (C=O) groups is 1. The Morgan fingerprint density at radius 3 is 2.41 bits per heavy atom. The van der Waals surface area contributed by atoms with Gasteiger partial charge in [-0.1, -0.05) is 42.0 Å². The number of aryl methyl sites for hydroxylation is 1. The molecule has 1 aliphatic rings. The van der Waals surface area contributed by atoms with Crippen molar-refractivity contribution in [2.24, 2.45) is 0 Å². The number of ether oxygens (including phenoxy) is 1. The first-order valence-corrected chi connectivity index (χ1v) is 7.31. The van der Waals surface area contributed by atoms with Gasteiger partial charge in [-0.2, -0.15) is 0 Å². The summed E-state index contributed by atoms with van der Waals surface area (Å²) < 4.78 is 6.13. The zero-order valence-corrected chi connectivity index (χ0v) is 13.0. The molecule has 112 valence electrons. The van der Waals surface area contributed by atoms with Crippen molar-refractivity contribution in [1.82, 2.24) is 4.90 Å². The number of nitrogens with zero attached hydrogens (tertiary/aromatic N) is 1. The van der Waals surface area contributed by atoms with Gasteiger partial charge >= 0.3 is 0 Å². The van der Waals surface area contributed by atoms with E-state index in [0.717, 1.165) is 5.56 Å². The van der Waals surface area contributed by atoms with Crippen LogP contribution in [0.3, 0.4) is 0 Å². The molecule has 22 heavy (non-hydrogen) atoms. The molecule has 2 aromatic carbocycles. The Balaban J connectivity index is 2.11. The number of para-hydroxylation sites is 1. The predicted molar refractivity (Wildman–Crippen MR) is 87.1 cm³/mol. The molecule has 0 saturated carbocycles. The van der Waals surface area contributed by atoms with E-state index in [-0.39, 0.29) is 11.9 Å². The molecule has 0 bridgehead atoms. The Kier molecular flexibility index (Phi) is 3.72. The monoisotopic (exact) mass is 293 g/mol. The van der Waals surface area contributed by atoms with Crippen molar-refractivity contribution in [2.75, 3.05) is 14.1 Å². The summed E-state index contributed by atoms with van der Waals surface area (Å²) >= 11 is 0. The van der Waals surface area contributed by atoms with Crippen molar-refractivity contribution in [3.63, 3.8) is 0 Å². The third kappa shape index (κ3) is 2.62. The van der Waals surface area contributed by atoms with Gasteiger partial charge in [0, 0.05) is 20.3 Å². The summed E-state index contributed by atoms with van der Waals surface area (Å²) in [5.41, 5.74) is 3.46. The van der Waals surface area contributed by atoms with Crippen LogP contribution in [-0.4, -0.2) is 24.8 Å². The smallest absolute Gasteiger partial charge is 0.198 e. The minimum atomic E-state index is -0.370. The summed E-state index contributed by atoms with van der Waals surface area (Å²) in [5.74, 6) is 0.676. The normalized spacial score (nSPS) is 18.8. The number of rotatable bonds is 2. The molecule has 1 atom stereocenters. The first-order valence-electron chi connectivity index (χ1n) is 7.31. The third-order valence-corrected chi connectivity index (χ3v) is 3.70. The maximum absolute atomic E-state index is 12.8. The van der Waals surface area contributed by atoms with Crippen molar-refractivity contribution >= 4 is 5.78 Å². The highest BCUT2D eigenvalue weighted by Gasteiger charge is 2.32. The molecule has 0 spiro atoms. The quantitative estimate of drug-likeness (QED) is 0.790. The fourth-order valence-electron chi connectivity index (χ4n) is 2.62.